The SMILES string of the molecule is C=CCOCCOCCOCCOCCOCCOCCOCCOCCOCCOC(=O)C(=O)c1ccccc1. The Hall–Kier alpha value is -2.26. The summed E-state index contributed by atoms with van der Waals surface area (Å²) in [6.07, 6.45) is 1.70. The fourth-order valence-electron chi connectivity index (χ4n) is 2.89. The van der Waals surface area contributed by atoms with Crippen LogP contribution in [0.25, 0.3) is 0 Å². The minimum absolute atomic E-state index is 0.000218. The second kappa shape index (κ2) is 29.2. The molecule has 234 valence electrons. The van der Waals surface area contributed by atoms with Gasteiger partial charge in [-0.25, -0.2) is 4.79 Å². The van der Waals surface area contributed by atoms with Gasteiger partial charge in [-0.15, -0.1) is 6.58 Å². The lowest BCUT2D eigenvalue weighted by molar-refractivity contribution is -0.139. The Morgan fingerprint density at radius 1 is 0.488 bits per heavy atom. The summed E-state index contributed by atoms with van der Waals surface area (Å²) in [5.74, 6) is -1.57. The van der Waals surface area contributed by atoms with Crippen LogP contribution in [-0.4, -0.2) is 137 Å². The van der Waals surface area contributed by atoms with E-state index in [0.29, 0.717) is 118 Å². The molecule has 0 fully saturated rings. The standard InChI is InChI=1S/C29H46O12/c1-2-8-32-9-10-33-11-12-34-13-14-35-15-16-36-17-18-37-19-20-38-21-22-39-23-24-40-25-26-41-29(31)28(30)27-6-4-3-5-7-27/h2-7H,1,8-26H2. The Balaban J connectivity index is 1.69. The van der Waals surface area contributed by atoms with Crippen molar-refractivity contribution in [3.05, 3.63) is 48.6 Å². The van der Waals surface area contributed by atoms with Crippen molar-refractivity contribution < 1.29 is 57.0 Å². The monoisotopic (exact) mass is 586 g/mol. The van der Waals surface area contributed by atoms with Crippen LogP contribution in [0.2, 0.25) is 0 Å². The van der Waals surface area contributed by atoms with Gasteiger partial charge in [0, 0.05) is 5.56 Å². The molecule has 0 bridgehead atoms. The summed E-state index contributed by atoms with van der Waals surface area (Å²) in [5.41, 5.74) is 0.297. The molecule has 0 N–H and O–H groups in total. The van der Waals surface area contributed by atoms with Crippen LogP contribution in [0, 0.1) is 0 Å². The molecule has 0 saturated carbocycles. The molecule has 0 aromatic heterocycles. The van der Waals surface area contributed by atoms with Crippen molar-refractivity contribution in [1.82, 2.24) is 0 Å². The molecule has 0 aliphatic heterocycles. The molecule has 0 unspecified atom stereocenters. The molecule has 0 heterocycles. The molecule has 0 spiro atoms. The Bertz CT molecular complexity index is 747. The second-order valence-electron chi connectivity index (χ2n) is 8.09. The summed E-state index contributed by atoms with van der Waals surface area (Å²) in [6.45, 7) is 11.9. The van der Waals surface area contributed by atoms with E-state index in [2.05, 4.69) is 6.58 Å². The van der Waals surface area contributed by atoms with Gasteiger partial charge in [0.2, 0.25) is 0 Å². The summed E-state index contributed by atoms with van der Waals surface area (Å²) in [4.78, 5) is 23.6. The van der Waals surface area contributed by atoms with Crippen molar-refractivity contribution in [1.29, 1.82) is 0 Å². The smallest absolute Gasteiger partial charge is 0.379 e. The fourth-order valence-corrected chi connectivity index (χ4v) is 2.89. The molecule has 0 aliphatic carbocycles. The zero-order valence-corrected chi connectivity index (χ0v) is 24.0. The third kappa shape index (κ3) is 24.1. The third-order valence-corrected chi connectivity index (χ3v) is 4.89. The molecule has 0 atom stereocenters. The molecule has 0 aliphatic rings. The minimum atomic E-state index is -0.895. The number of ketones is 1. The first kappa shape index (κ1) is 36.8. The highest BCUT2D eigenvalue weighted by Gasteiger charge is 2.17. The Morgan fingerprint density at radius 2 is 0.805 bits per heavy atom. The maximum Gasteiger partial charge on any atom is 0.379 e. The highest BCUT2D eigenvalue weighted by atomic mass is 16.6. The molecule has 41 heavy (non-hydrogen) atoms. The minimum Gasteiger partial charge on any atom is -0.457 e. The Labute approximate surface area is 243 Å². The first-order valence-corrected chi connectivity index (χ1v) is 13.8. The summed E-state index contributed by atoms with van der Waals surface area (Å²) in [7, 11) is 0. The summed E-state index contributed by atoms with van der Waals surface area (Å²) < 4.78 is 53.3. The summed E-state index contributed by atoms with van der Waals surface area (Å²) in [6, 6.07) is 8.26. The number of hydrogen-bond donors (Lipinski definition) is 0. The summed E-state index contributed by atoms with van der Waals surface area (Å²) in [5, 5.41) is 0. The molecular weight excluding hydrogens is 540 g/mol. The molecule has 0 amide bonds. The number of hydrogen-bond acceptors (Lipinski definition) is 12. The molecule has 1 aromatic rings. The maximum atomic E-state index is 11.9. The van der Waals surface area contributed by atoms with Gasteiger partial charge in [-0.1, -0.05) is 36.4 Å². The van der Waals surface area contributed by atoms with E-state index in [1.165, 1.54) is 0 Å². The predicted octanol–water partition coefficient (Wildman–Crippen LogP) is 1.75. The zero-order valence-electron chi connectivity index (χ0n) is 24.0. The van der Waals surface area contributed by atoms with Crippen LogP contribution in [0.3, 0.4) is 0 Å². The van der Waals surface area contributed by atoms with Crippen LogP contribution < -0.4 is 0 Å². The van der Waals surface area contributed by atoms with E-state index >= 15 is 0 Å². The number of Topliss-reactive ketones (excluding diaryl/α,β-unsaturated/α-hetero) is 1. The van der Waals surface area contributed by atoms with Crippen molar-refractivity contribution in [2.45, 2.75) is 0 Å². The van der Waals surface area contributed by atoms with E-state index in [0.717, 1.165) is 0 Å². The first-order valence-electron chi connectivity index (χ1n) is 13.8. The van der Waals surface area contributed by atoms with Crippen molar-refractivity contribution in [2.24, 2.45) is 0 Å². The lowest BCUT2D eigenvalue weighted by Gasteiger charge is -2.09. The van der Waals surface area contributed by atoms with Crippen molar-refractivity contribution in [3.8, 4) is 0 Å². The van der Waals surface area contributed by atoms with Crippen molar-refractivity contribution in [3.63, 3.8) is 0 Å². The molecule has 12 heteroatoms. The maximum absolute atomic E-state index is 11.9. The molecule has 12 nitrogen and oxygen atoms in total. The van der Waals surface area contributed by atoms with Crippen molar-refractivity contribution >= 4 is 11.8 Å². The van der Waals surface area contributed by atoms with Gasteiger partial charge in [-0.05, 0) is 0 Å². The highest BCUT2D eigenvalue weighted by molar-refractivity contribution is 6.40. The van der Waals surface area contributed by atoms with E-state index < -0.39 is 11.8 Å². The van der Waals surface area contributed by atoms with E-state index in [1.807, 2.05) is 0 Å². The Kier molecular flexibility index (Phi) is 26.2. The van der Waals surface area contributed by atoms with Crippen LogP contribution in [0.1, 0.15) is 10.4 Å². The normalized spacial score (nSPS) is 11.0. The quantitative estimate of drug-likeness (QED) is 0.0414. The van der Waals surface area contributed by atoms with Gasteiger partial charge in [-0.3, -0.25) is 4.79 Å². The van der Waals surface area contributed by atoms with Crippen LogP contribution in [-0.2, 0) is 52.2 Å². The van der Waals surface area contributed by atoms with Crippen LogP contribution in [0.15, 0.2) is 43.0 Å². The topological polar surface area (TPSA) is 126 Å². The van der Waals surface area contributed by atoms with Crippen LogP contribution in [0.4, 0.5) is 0 Å². The number of rotatable bonds is 31. The number of carbonyl (C=O) groups is 2. The lowest BCUT2D eigenvalue weighted by Crippen LogP contribution is -2.20. The average molecular weight is 587 g/mol. The average Bonchev–Trinajstić information content (AvgIpc) is 3.00. The number of carbonyl (C=O) groups excluding carboxylic acids is 2. The number of esters is 1. The second-order valence-corrected chi connectivity index (χ2v) is 8.09. The van der Waals surface area contributed by atoms with Gasteiger partial charge in [0.15, 0.2) is 0 Å². The molecule has 0 saturated heterocycles. The van der Waals surface area contributed by atoms with Gasteiger partial charge < -0.3 is 47.4 Å². The molecular formula is C29H46O12. The number of ether oxygens (including phenoxy) is 10. The first-order chi connectivity index (χ1) is 20.3. The third-order valence-electron chi connectivity index (χ3n) is 4.89. The van der Waals surface area contributed by atoms with Crippen LogP contribution in [0.5, 0.6) is 0 Å². The van der Waals surface area contributed by atoms with Crippen molar-refractivity contribution in [2.75, 3.05) is 126 Å². The zero-order chi connectivity index (χ0) is 29.5. The van der Waals surface area contributed by atoms with E-state index in [4.69, 9.17) is 47.4 Å². The van der Waals surface area contributed by atoms with Gasteiger partial charge in [0.25, 0.3) is 5.78 Å². The van der Waals surface area contributed by atoms with Gasteiger partial charge in [0.05, 0.1) is 119 Å². The van der Waals surface area contributed by atoms with E-state index in [9.17, 15) is 9.59 Å². The summed E-state index contributed by atoms with van der Waals surface area (Å²) >= 11 is 0. The van der Waals surface area contributed by atoms with Gasteiger partial charge in [0.1, 0.15) is 6.61 Å². The largest absolute Gasteiger partial charge is 0.457 e. The fraction of sp³-hybridized carbons (Fsp3) is 0.655. The molecule has 0 radical (unpaired) electrons. The highest BCUT2D eigenvalue weighted by Crippen LogP contribution is 2.01. The molecule has 1 aromatic carbocycles. The molecule has 1 rings (SSSR count). The van der Waals surface area contributed by atoms with Gasteiger partial charge >= 0.3 is 5.97 Å². The van der Waals surface area contributed by atoms with E-state index in [-0.39, 0.29) is 13.2 Å². The number of benzene rings is 1. The van der Waals surface area contributed by atoms with Crippen LogP contribution >= 0.6 is 0 Å². The lowest BCUT2D eigenvalue weighted by atomic mass is 10.1. The van der Waals surface area contributed by atoms with Gasteiger partial charge in [-0.2, -0.15) is 0 Å². The van der Waals surface area contributed by atoms with E-state index in [1.54, 1.807) is 36.4 Å². The predicted molar refractivity (Wildman–Crippen MR) is 149 cm³/mol. The Morgan fingerprint density at radius 3 is 1.15 bits per heavy atom.